The minimum Gasteiger partial charge on any atom is -0.492 e. The van der Waals surface area contributed by atoms with Crippen molar-refractivity contribution in [3.63, 3.8) is 0 Å². The van der Waals surface area contributed by atoms with Crippen LogP contribution in [0.5, 0.6) is 5.75 Å². The minimum atomic E-state index is -0.266. The zero-order chi connectivity index (χ0) is 17.4. The molecule has 1 aromatic heterocycles. The molecule has 24 heavy (non-hydrogen) atoms. The molecule has 2 N–H and O–H groups in total. The van der Waals surface area contributed by atoms with Gasteiger partial charge in [0.05, 0.1) is 11.6 Å². The highest BCUT2D eigenvalue weighted by Gasteiger charge is 2.09. The Bertz CT molecular complexity index is 707. The summed E-state index contributed by atoms with van der Waals surface area (Å²) in [5.41, 5.74) is 0.957. The lowest BCUT2D eigenvalue weighted by atomic mass is 10.2. The zero-order valence-corrected chi connectivity index (χ0v) is 14.0. The van der Waals surface area contributed by atoms with Gasteiger partial charge in [0, 0.05) is 36.6 Å². The summed E-state index contributed by atoms with van der Waals surface area (Å²) in [6.07, 6.45) is 3.10. The Morgan fingerprint density at radius 2 is 1.67 bits per heavy atom. The van der Waals surface area contributed by atoms with Crippen LogP contribution in [0.4, 0.5) is 0 Å². The van der Waals surface area contributed by atoms with Gasteiger partial charge in [0.2, 0.25) is 0 Å². The van der Waals surface area contributed by atoms with Crippen LogP contribution in [0.2, 0.25) is 5.02 Å². The monoisotopic (exact) mass is 347 g/mol. The van der Waals surface area contributed by atoms with Gasteiger partial charge in [-0.05, 0) is 37.3 Å². The Hall–Kier alpha value is -2.60. The van der Waals surface area contributed by atoms with Crippen molar-refractivity contribution in [1.82, 2.24) is 15.6 Å². The van der Waals surface area contributed by atoms with E-state index in [1.807, 2.05) is 6.92 Å². The van der Waals surface area contributed by atoms with E-state index in [4.69, 9.17) is 16.3 Å². The second-order valence-electron chi connectivity index (χ2n) is 4.83. The Labute approximate surface area is 145 Å². The fraction of sp³-hybridized carbons (Fsp3) is 0.235. The molecule has 2 aromatic rings. The summed E-state index contributed by atoms with van der Waals surface area (Å²) in [6.45, 7) is 2.98. The summed E-state index contributed by atoms with van der Waals surface area (Å²) in [4.78, 5) is 27.7. The highest BCUT2D eigenvalue weighted by molar-refractivity contribution is 6.32. The van der Waals surface area contributed by atoms with Gasteiger partial charge in [0.15, 0.2) is 0 Å². The fourth-order valence-electron chi connectivity index (χ4n) is 1.97. The number of hydrogen-bond donors (Lipinski definition) is 2. The highest BCUT2D eigenvalue weighted by atomic mass is 35.5. The van der Waals surface area contributed by atoms with Crippen LogP contribution in [0.1, 0.15) is 27.6 Å². The average molecular weight is 348 g/mol. The lowest BCUT2D eigenvalue weighted by molar-refractivity contribution is 0.0927. The average Bonchev–Trinajstić information content (AvgIpc) is 2.61. The van der Waals surface area contributed by atoms with Crippen molar-refractivity contribution in [2.75, 3.05) is 19.7 Å². The van der Waals surface area contributed by atoms with E-state index >= 15 is 0 Å². The maximum absolute atomic E-state index is 12.0. The first-order chi connectivity index (χ1) is 11.6. The number of halogens is 1. The lowest BCUT2D eigenvalue weighted by Crippen LogP contribution is -2.34. The molecule has 0 radical (unpaired) electrons. The molecule has 7 heteroatoms. The van der Waals surface area contributed by atoms with Crippen LogP contribution in [-0.2, 0) is 0 Å². The van der Waals surface area contributed by atoms with Gasteiger partial charge in [0.1, 0.15) is 5.75 Å². The van der Waals surface area contributed by atoms with Crippen LogP contribution >= 0.6 is 11.6 Å². The van der Waals surface area contributed by atoms with Crippen LogP contribution in [0.25, 0.3) is 0 Å². The first-order valence-corrected chi connectivity index (χ1v) is 7.88. The van der Waals surface area contributed by atoms with Crippen molar-refractivity contribution >= 4 is 23.4 Å². The van der Waals surface area contributed by atoms with Crippen molar-refractivity contribution in [3.8, 4) is 5.75 Å². The van der Waals surface area contributed by atoms with E-state index in [0.29, 0.717) is 41.6 Å². The smallest absolute Gasteiger partial charge is 0.251 e. The molecule has 0 saturated heterocycles. The summed E-state index contributed by atoms with van der Waals surface area (Å²) in [5.74, 6) is 0.0641. The third-order valence-corrected chi connectivity index (χ3v) is 3.43. The number of pyridine rings is 1. The molecule has 1 aromatic carbocycles. The SMILES string of the molecule is CCOc1ccc(C(=O)NCCNC(=O)c2ccncc2)cc1Cl. The van der Waals surface area contributed by atoms with E-state index in [1.165, 1.54) is 0 Å². The molecular weight excluding hydrogens is 330 g/mol. The van der Waals surface area contributed by atoms with Crippen molar-refractivity contribution < 1.29 is 14.3 Å². The number of ether oxygens (including phenoxy) is 1. The molecule has 0 aliphatic carbocycles. The Kier molecular flexibility index (Phi) is 6.57. The van der Waals surface area contributed by atoms with E-state index in [-0.39, 0.29) is 11.8 Å². The van der Waals surface area contributed by atoms with Gasteiger partial charge in [0.25, 0.3) is 11.8 Å². The first kappa shape index (κ1) is 17.7. The summed E-state index contributed by atoms with van der Waals surface area (Å²) < 4.78 is 5.32. The van der Waals surface area contributed by atoms with Gasteiger partial charge in [-0.15, -0.1) is 0 Å². The summed E-state index contributed by atoms with van der Waals surface area (Å²) in [5, 5.41) is 5.82. The van der Waals surface area contributed by atoms with Crippen LogP contribution in [-0.4, -0.2) is 36.5 Å². The number of nitrogens with zero attached hydrogens (tertiary/aromatic N) is 1. The van der Waals surface area contributed by atoms with Gasteiger partial charge in [-0.25, -0.2) is 0 Å². The molecule has 6 nitrogen and oxygen atoms in total. The largest absolute Gasteiger partial charge is 0.492 e. The molecule has 0 spiro atoms. The number of benzene rings is 1. The molecule has 2 amide bonds. The van der Waals surface area contributed by atoms with E-state index < -0.39 is 0 Å². The predicted octanol–water partition coefficient (Wildman–Crippen LogP) is 2.29. The molecule has 0 atom stereocenters. The quantitative estimate of drug-likeness (QED) is 0.753. The third kappa shape index (κ3) is 4.96. The minimum absolute atomic E-state index is 0.212. The van der Waals surface area contributed by atoms with Crippen molar-refractivity contribution in [2.24, 2.45) is 0 Å². The molecule has 0 fully saturated rings. The number of nitrogens with one attached hydrogen (secondary N) is 2. The molecule has 1 heterocycles. The van der Waals surface area contributed by atoms with Gasteiger partial charge < -0.3 is 15.4 Å². The highest BCUT2D eigenvalue weighted by Crippen LogP contribution is 2.25. The summed E-state index contributed by atoms with van der Waals surface area (Å²) in [6, 6.07) is 8.09. The standard InChI is InChI=1S/C17H18ClN3O3/c1-2-24-15-4-3-13(11-14(15)18)17(23)21-10-9-20-16(22)12-5-7-19-8-6-12/h3-8,11H,2,9-10H2,1H3,(H,20,22)(H,21,23). The Morgan fingerprint density at radius 3 is 2.25 bits per heavy atom. The normalized spacial score (nSPS) is 10.1. The van der Waals surface area contributed by atoms with Crippen LogP contribution in [0.3, 0.4) is 0 Å². The van der Waals surface area contributed by atoms with Gasteiger partial charge >= 0.3 is 0 Å². The molecule has 0 unspecified atom stereocenters. The van der Waals surface area contributed by atoms with Gasteiger partial charge in [-0.1, -0.05) is 11.6 Å². The second-order valence-corrected chi connectivity index (χ2v) is 5.23. The molecule has 126 valence electrons. The molecule has 0 aliphatic rings. The molecule has 0 aliphatic heterocycles. The predicted molar refractivity (Wildman–Crippen MR) is 91.5 cm³/mol. The Morgan fingerprint density at radius 1 is 1.04 bits per heavy atom. The van der Waals surface area contributed by atoms with Crippen LogP contribution < -0.4 is 15.4 Å². The molecule has 0 saturated carbocycles. The van der Waals surface area contributed by atoms with Crippen LogP contribution in [0.15, 0.2) is 42.7 Å². The number of carbonyl (C=O) groups excluding carboxylic acids is 2. The van der Waals surface area contributed by atoms with E-state index in [2.05, 4.69) is 15.6 Å². The maximum Gasteiger partial charge on any atom is 0.251 e. The molecule has 0 bridgehead atoms. The van der Waals surface area contributed by atoms with E-state index in [1.54, 1.807) is 42.7 Å². The van der Waals surface area contributed by atoms with Crippen molar-refractivity contribution in [2.45, 2.75) is 6.92 Å². The number of rotatable bonds is 7. The van der Waals surface area contributed by atoms with Gasteiger partial charge in [-0.3, -0.25) is 14.6 Å². The number of amides is 2. The fourth-order valence-corrected chi connectivity index (χ4v) is 2.21. The van der Waals surface area contributed by atoms with Crippen molar-refractivity contribution in [1.29, 1.82) is 0 Å². The van der Waals surface area contributed by atoms with Crippen LogP contribution in [0, 0.1) is 0 Å². The maximum atomic E-state index is 12.0. The van der Waals surface area contributed by atoms with E-state index in [0.717, 1.165) is 0 Å². The number of aromatic nitrogens is 1. The van der Waals surface area contributed by atoms with Gasteiger partial charge in [-0.2, -0.15) is 0 Å². The topological polar surface area (TPSA) is 80.3 Å². The zero-order valence-electron chi connectivity index (χ0n) is 13.2. The second kappa shape index (κ2) is 8.88. The number of carbonyl (C=O) groups is 2. The van der Waals surface area contributed by atoms with Crippen molar-refractivity contribution in [3.05, 3.63) is 58.9 Å². The first-order valence-electron chi connectivity index (χ1n) is 7.50. The lowest BCUT2D eigenvalue weighted by Gasteiger charge is -2.09. The Balaban J connectivity index is 1.79. The molecular formula is C17H18ClN3O3. The number of hydrogen-bond acceptors (Lipinski definition) is 4. The van der Waals surface area contributed by atoms with E-state index in [9.17, 15) is 9.59 Å². The summed E-state index contributed by atoms with van der Waals surface area (Å²) >= 11 is 6.06. The summed E-state index contributed by atoms with van der Waals surface area (Å²) in [7, 11) is 0. The third-order valence-electron chi connectivity index (χ3n) is 3.13. The molecule has 2 rings (SSSR count).